The minimum Gasteiger partial charge on any atom is -0.349 e. The standard InChI is InChI=1S/C18H30N2O/c1-13(2)15-8-10-16(11-9-15)18(14(3)4)20-17(21)7-6-12-19-5/h8-11,13-14,18-19H,6-7,12H2,1-5H3,(H,20,21). The molecule has 21 heavy (non-hydrogen) atoms. The summed E-state index contributed by atoms with van der Waals surface area (Å²) in [6.45, 7) is 9.56. The van der Waals surface area contributed by atoms with Crippen LogP contribution in [0.2, 0.25) is 0 Å². The van der Waals surface area contributed by atoms with E-state index in [2.05, 4.69) is 62.6 Å². The fourth-order valence-electron chi connectivity index (χ4n) is 2.39. The lowest BCUT2D eigenvalue weighted by molar-refractivity contribution is -0.122. The molecule has 0 heterocycles. The van der Waals surface area contributed by atoms with Crippen molar-refractivity contribution in [3.8, 4) is 0 Å². The fraction of sp³-hybridized carbons (Fsp3) is 0.611. The highest BCUT2D eigenvalue weighted by atomic mass is 16.1. The third-order valence-corrected chi connectivity index (χ3v) is 3.78. The predicted octanol–water partition coefficient (Wildman–Crippen LogP) is 3.62. The quantitative estimate of drug-likeness (QED) is 0.718. The molecule has 118 valence electrons. The Balaban J connectivity index is 2.70. The Labute approximate surface area is 129 Å². The minimum absolute atomic E-state index is 0.0910. The second-order valence-electron chi connectivity index (χ2n) is 6.32. The van der Waals surface area contributed by atoms with Crippen molar-refractivity contribution < 1.29 is 4.79 Å². The van der Waals surface area contributed by atoms with Gasteiger partial charge in [-0.25, -0.2) is 0 Å². The van der Waals surface area contributed by atoms with E-state index in [-0.39, 0.29) is 11.9 Å². The first-order chi connectivity index (χ1) is 9.95. The summed E-state index contributed by atoms with van der Waals surface area (Å²) in [6.07, 6.45) is 1.45. The van der Waals surface area contributed by atoms with Gasteiger partial charge in [-0.05, 0) is 43.0 Å². The van der Waals surface area contributed by atoms with Crippen LogP contribution in [0.15, 0.2) is 24.3 Å². The van der Waals surface area contributed by atoms with E-state index in [1.807, 2.05) is 7.05 Å². The topological polar surface area (TPSA) is 41.1 Å². The summed E-state index contributed by atoms with van der Waals surface area (Å²) in [4.78, 5) is 12.0. The highest BCUT2D eigenvalue weighted by molar-refractivity contribution is 5.76. The number of hydrogen-bond donors (Lipinski definition) is 2. The van der Waals surface area contributed by atoms with Crippen LogP contribution in [-0.4, -0.2) is 19.5 Å². The number of amides is 1. The molecule has 0 spiro atoms. The number of benzene rings is 1. The van der Waals surface area contributed by atoms with Gasteiger partial charge in [0.2, 0.25) is 5.91 Å². The molecule has 3 nitrogen and oxygen atoms in total. The molecule has 1 aromatic rings. The first-order valence-electron chi connectivity index (χ1n) is 7.99. The lowest BCUT2D eigenvalue weighted by Gasteiger charge is -2.23. The molecule has 0 aromatic heterocycles. The second-order valence-corrected chi connectivity index (χ2v) is 6.32. The van der Waals surface area contributed by atoms with Gasteiger partial charge < -0.3 is 10.6 Å². The van der Waals surface area contributed by atoms with Crippen LogP contribution in [0.1, 0.15) is 63.6 Å². The molecule has 1 rings (SSSR count). The molecular formula is C18H30N2O. The van der Waals surface area contributed by atoms with Gasteiger partial charge >= 0.3 is 0 Å². The highest BCUT2D eigenvalue weighted by Crippen LogP contribution is 2.24. The lowest BCUT2D eigenvalue weighted by atomic mass is 9.93. The third kappa shape index (κ3) is 5.88. The van der Waals surface area contributed by atoms with Gasteiger partial charge in [-0.2, -0.15) is 0 Å². The Morgan fingerprint density at radius 1 is 1.05 bits per heavy atom. The number of carbonyl (C=O) groups is 1. The van der Waals surface area contributed by atoms with Gasteiger partial charge in [0, 0.05) is 6.42 Å². The van der Waals surface area contributed by atoms with Gasteiger partial charge in [0.25, 0.3) is 0 Å². The Morgan fingerprint density at radius 3 is 2.10 bits per heavy atom. The van der Waals surface area contributed by atoms with E-state index in [9.17, 15) is 4.79 Å². The normalized spacial score (nSPS) is 12.7. The van der Waals surface area contributed by atoms with Gasteiger partial charge in [-0.15, -0.1) is 0 Å². The Morgan fingerprint density at radius 2 is 1.62 bits per heavy atom. The molecule has 1 amide bonds. The van der Waals surface area contributed by atoms with Crippen molar-refractivity contribution in [3.63, 3.8) is 0 Å². The van der Waals surface area contributed by atoms with E-state index in [1.165, 1.54) is 11.1 Å². The molecule has 2 N–H and O–H groups in total. The summed E-state index contributed by atoms with van der Waals surface area (Å²) in [7, 11) is 1.91. The maximum Gasteiger partial charge on any atom is 0.220 e. The SMILES string of the molecule is CNCCCC(=O)NC(c1ccc(C(C)C)cc1)C(C)C. The van der Waals surface area contributed by atoms with Gasteiger partial charge in [-0.1, -0.05) is 52.0 Å². The van der Waals surface area contributed by atoms with Crippen LogP contribution in [0, 0.1) is 5.92 Å². The van der Waals surface area contributed by atoms with Gasteiger partial charge in [0.1, 0.15) is 0 Å². The van der Waals surface area contributed by atoms with Crippen molar-refractivity contribution >= 4 is 5.91 Å². The van der Waals surface area contributed by atoms with E-state index in [1.54, 1.807) is 0 Å². The molecular weight excluding hydrogens is 260 g/mol. The first kappa shape index (κ1) is 17.7. The van der Waals surface area contributed by atoms with Crippen LogP contribution in [-0.2, 0) is 4.79 Å². The average molecular weight is 290 g/mol. The highest BCUT2D eigenvalue weighted by Gasteiger charge is 2.18. The van der Waals surface area contributed by atoms with Crippen LogP contribution in [0.4, 0.5) is 0 Å². The molecule has 0 aliphatic rings. The summed E-state index contributed by atoms with van der Waals surface area (Å²) < 4.78 is 0. The summed E-state index contributed by atoms with van der Waals surface area (Å²) in [6, 6.07) is 8.72. The van der Waals surface area contributed by atoms with Crippen molar-refractivity contribution in [1.29, 1.82) is 0 Å². The zero-order chi connectivity index (χ0) is 15.8. The Bertz CT molecular complexity index is 423. The molecule has 0 saturated heterocycles. The monoisotopic (exact) mass is 290 g/mol. The maximum atomic E-state index is 12.0. The summed E-state index contributed by atoms with van der Waals surface area (Å²) in [5.74, 6) is 1.05. The zero-order valence-corrected chi connectivity index (χ0v) is 14.1. The molecule has 0 aliphatic heterocycles. The van der Waals surface area contributed by atoms with Gasteiger partial charge in [0.15, 0.2) is 0 Å². The van der Waals surface area contributed by atoms with E-state index < -0.39 is 0 Å². The number of carbonyl (C=O) groups excluding carboxylic acids is 1. The number of nitrogens with one attached hydrogen (secondary N) is 2. The largest absolute Gasteiger partial charge is 0.349 e. The molecule has 0 fully saturated rings. The van der Waals surface area contributed by atoms with E-state index in [4.69, 9.17) is 0 Å². The lowest BCUT2D eigenvalue weighted by Crippen LogP contribution is -2.32. The second kappa shape index (κ2) is 8.83. The average Bonchev–Trinajstić information content (AvgIpc) is 2.45. The van der Waals surface area contributed by atoms with Crippen molar-refractivity contribution in [2.45, 2.75) is 52.5 Å². The molecule has 0 aliphatic carbocycles. The molecule has 0 saturated carbocycles. The van der Waals surface area contributed by atoms with Crippen LogP contribution < -0.4 is 10.6 Å². The van der Waals surface area contributed by atoms with Crippen LogP contribution >= 0.6 is 0 Å². The first-order valence-corrected chi connectivity index (χ1v) is 7.99. The Hall–Kier alpha value is -1.35. The molecule has 1 atom stereocenters. The molecule has 0 radical (unpaired) electrons. The van der Waals surface area contributed by atoms with Crippen molar-refractivity contribution in [2.24, 2.45) is 5.92 Å². The van der Waals surface area contributed by atoms with E-state index >= 15 is 0 Å². The predicted molar refractivity (Wildman–Crippen MR) is 89.4 cm³/mol. The summed E-state index contributed by atoms with van der Waals surface area (Å²) in [5.41, 5.74) is 2.53. The number of hydrogen-bond acceptors (Lipinski definition) is 2. The fourth-order valence-corrected chi connectivity index (χ4v) is 2.39. The summed E-state index contributed by atoms with van der Waals surface area (Å²) in [5, 5.41) is 6.24. The minimum atomic E-state index is 0.0910. The van der Waals surface area contributed by atoms with Crippen LogP contribution in [0.5, 0.6) is 0 Å². The van der Waals surface area contributed by atoms with Gasteiger partial charge in [0.05, 0.1) is 6.04 Å². The van der Waals surface area contributed by atoms with Crippen molar-refractivity contribution in [3.05, 3.63) is 35.4 Å². The number of rotatable bonds is 8. The van der Waals surface area contributed by atoms with Crippen LogP contribution in [0.3, 0.4) is 0 Å². The van der Waals surface area contributed by atoms with Gasteiger partial charge in [-0.3, -0.25) is 4.79 Å². The molecule has 1 unspecified atom stereocenters. The van der Waals surface area contributed by atoms with Crippen molar-refractivity contribution in [2.75, 3.05) is 13.6 Å². The third-order valence-electron chi connectivity index (χ3n) is 3.78. The maximum absolute atomic E-state index is 12.0. The molecule has 1 aromatic carbocycles. The molecule has 0 bridgehead atoms. The molecule has 3 heteroatoms. The Kier molecular flexibility index (Phi) is 7.44. The van der Waals surface area contributed by atoms with Crippen molar-refractivity contribution in [1.82, 2.24) is 10.6 Å². The van der Waals surface area contributed by atoms with E-state index in [0.29, 0.717) is 18.3 Å². The van der Waals surface area contributed by atoms with Crippen LogP contribution in [0.25, 0.3) is 0 Å². The summed E-state index contributed by atoms with van der Waals surface area (Å²) >= 11 is 0. The smallest absolute Gasteiger partial charge is 0.220 e. The zero-order valence-electron chi connectivity index (χ0n) is 14.1. The van der Waals surface area contributed by atoms with E-state index in [0.717, 1.165) is 13.0 Å².